The number of hydrogen-bond acceptors (Lipinski definition) is 5. The molecule has 2 aromatic rings. The molecule has 1 N–H and O–H groups in total. The second-order valence-corrected chi connectivity index (χ2v) is 5.14. The van der Waals surface area contributed by atoms with Crippen molar-refractivity contribution in [3.63, 3.8) is 0 Å². The molecule has 1 aliphatic heterocycles. The largest absolute Gasteiger partial charge is 0.467 e. The summed E-state index contributed by atoms with van der Waals surface area (Å²) in [6.07, 6.45) is 3.53. The van der Waals surface area contributed by atoms with Crippen molar-refractivity contribution in [1.29, 1.82) is 0 Å². The summed E-state index contributed by atoms with van der Waals surface area (Å²) in [6.45, 7) is 2.58. The Bertz CT molecular complexity index is 639. The van der Waals surface area contributed by atoms with E-state index in [9.17, 15) is 4.79 Å². The van der Waals surface area contributed by atoms with Gasteiger partial charge in [-0.2, -0.15) is 0 Å². The summed E-state index contributed by atoms with van der Waals surface area (Å²) in [5.41, 5.74) is 1.19. The number of furan rings is 1. The number of rotatable bonds is 3. The number of carbonyl (C=O) groups excluding carboxylic acids is 1. The maximum absolute atomic E-state index is 12.7. The zero-order valence-electron chi connectivity index (χ0n) is 12.2. The van der Waals surface area contributed by atoms with Crippen LogP contribution in [0, 0.1) is 6.92 Å². The minimum absolute atomic E-state index is 0.000747. The average Bonchev–Trinajstić information content (AvgIpc) is 3.16. The number of aromatic nitrogens is 2. The van der Waals surface area contributed by atoms with E-state index in [2.05, 4.69) is 15.3 Å². The number of aryl methyl sites for hydroxylation is 1. The Kier molecular flexibility index (Phi) is 3.60. The van der Waals surface area contributed by atoms with Gasteiger partial charge < -0.3 is 14.6 Å². The molecule has 0 radical (unpaired) electrons. The minimum Gasteiger partial charge on any atom is -0.467 e. The third kappa shape index (κ3) is 2.61. The fourth-order valence-corrected chi connectivity index (χ4v) is 2.72. The van der Waals surface area contributed by atoms with Gasteiger partial charge in [0.1, 0.15) is 11.5 Å². The normalized spacial score (nSPS) is 18.0. The average molecular weight is 286 g/mol. The summed E-state index contributed by atoms with van der Waals surface area (Å²) in [4.78, 5) is 23.1. The summed E-state index contributed by atoms with van der Waals surface area (Å²) in [7, 11) is 1.74. The van der Waals surface area contributed by atoms with Crippen LogP contribution in [0.3, 0.4) is 0 Å². The van der Waals surface area contributed by atoms with Gasteiger partial charge in [-0.1, -0.05) is 0 Å². The molecule has 1 unspecified atom stereocenters. The third-order valence-corrected chi connectivity index (χ3v) is 3.68. The second kappa shape index (κ2) is 5.55. The number of nitrogens with one attached hydrogen (secondary N) is 1. The van der Waals surface area contributed by atoms with Crippen LogP contribution in [0.25, 0.3) is 0 Å². The van der Waals surface area contributed by atoms with Gasteiger partial charge in [0.15, 0.2) is 0 Å². The Labute approximate surface area is 123 Å². The summed E-state index contributed by atoms with van der Waals surface area (Å²) in [6, 6.07) is 5.49. The molecule has 6 nitrogen and oxygen atoms in total. The van der Waals surface area contributed by atoms with Gasteiger partial charge in [0.05, 0.1) is 12.3 Å². The number of anilines is 1. The standard InChI is InChI=1S/C15H18N4O2/c1-10-9-11(18-15(16-2)17-10)14(20)19-7-3-5-12(19)13-6-4-8-21-13/h4,6,8-9,12H,3,5,7H2,1-2H3,(H,16,17,18). The first kappa shape index (κ1) is 13.6. The van der Waals surface area contributed by atoms with Gasteiger partial charge in [-0.25, -0.2) is 9.97 Å². The van der Waals surface area contributed by atoms with Gasteiger partial charge in [-0.15, -0.1) is 0 Å². The minimum atomic E-state index is -0.0732. The Morgan fingerprint density at radius 3 is 3.05 bits per heavy atom. The fraction of sp³-hybridized carbons (Fsp3) is 0.400. The lowest BCUT2D eigenvalue weighted by atomic mass is 10.1. The first-order valence-electron chi connectivity index (χ1n) is 7.07. The van der Waals surface area contributed by atoms with Gasteiger partial charge in [-0.05, 0) is 38.0 Å². The number of hydrogen-bond donors (Lipinski definition) is 1. The second-order valence-electron chi connectivity index (χ2n) is 5.14. The van der Waals surface area contributed by atoms with Crippen molar-refractivity contribution in [1.82, 2.24) is 14.9 Å². The summed E-state index contributed by atoms with van der Waals surface area (Å²) in [5, 5.41) is 2.88. The summed E-state index contributed by atoms with van der Waals surface area (Å²) < 4.78 is 5.46. The molecule has 0 saturated carbocycles. The first-order valence-corrected chi connectivity index (χ1v) is 7.07. The maximum Gasteiger partial charge on any atom is 0.273 e. The van der Waals surface area contributed by atoms with E-state index >= 15 is 0 Å². The molecule has 110 valence electrons. The van der Waals surface area contributed by atoms with Crippen molar-refractivity contribution < 1.29 is 9.21 Å². The predicted octanol–water partition coefficient (Wildman–Crippen LogP) is 2.40. The van der Waals surface area contributed by atoms with Crippen LogP contribution in [0.4, 0.5) is 5.95 Å². The molecule has 21 heavy (non-hydrogen) atoms. The van der Waals surface area contributed by atoms with Crippen LogP contribution in [0.1, 0.15) is 40.8 Å². The maximum atomic E-state index is 12.7. The van der Waals surface area contributed by atoms with Crippen molar-refractivity contribution >= 4 is 11.9 Å². The van der Waals surface area contributed by atoms with E-state index in [1.807, 2.05) is 24.0 Å². The molecule has 1 amide bonds. The molecule has 1 aliphatic rings. The lowest BCUT2D eigenvalue weighted by Crippen LogP contribution is -2.31. The van der Waals surface area contributed by atoms with Crippen LogP contribution in [0.15, 0.2) is 28.9 Å². The molecule has 2 aromatic heterocycles. The topological polar surface area (TPSA) is 71.3 Å². The van der Waals surface area contributed by atoms with Crippen LogP contribution < -0.4 is 5.32 Å². The number of likely N-dealkylation sites (tertiary alicyclic amines) is 1. The van der Waals surface area contributed by atoms with Gasteiger partial charge in [0.25, 0.3) is 5.91 Å². The molecule has 1 saturated heterocycles. The smallest absolute Gasteiger partial charge is 0.273 e. The highest BCUT2D eigenvalue weighted by atomic mass is 16.3. The Balaban J connectivity index is 1.89. The molecule has 0 aromatic carbocycles. The highest BCUT2D eigenvalue weighted by Crippen LogP contribution is 2.33. The zero-order valence-corrected chi connectivity index (χ0v) is 12.2. The monoisotopic (exact) mass is 286 g/mol. The van der Waals surface area contributed by atoms with Gasteiger partial charge in [0.2, 0.25) is 5.95 Å². The quantitative estimate of drug-likeness (QED) is 0.938. The highest BCUT2D eigenvalue weighted by Gasteiger charge is 2.33. The summed E-state index contributed by atoms with van der Waals surface area (Å²) in [5.74, 6) is 1.23. The van der Waals surface area contributed by atoms with E-state index in [0.717, 1.165) is 30.8 Å². The van der Waals surface area contributed by atoms with Crippen LogP contribution in [-0.2, 0) is 0 Å². The van der Waals surface area contributed by atoms with Gasteiger partial charge >= 0.3 is 0 Å². The fourth-order valence-electron chi connectivity index (χ4n) is 2.72. The van der Waals surface area contributed by atoms with Gasteiger partial charge in [0, 0.05) is 19.3 Å². The molecule has 3 heterocycles. The molecule has 3 rings (SSSR count). The molecule has 1 atom stereocenters. The molecule has 0 bridgehead atoms. The molecule has 1 fully saturated rings. The lowest BCUT2D eigenvalue weighted by molar-refractivity contribution is 0.0714. The first-order chi connectivity index (χ1) is 10.2. The van der Waals surface area contributed by atoms with E-state index in [0.29, 0.717) is 11.6 Å². The predicted molar refractivity (Wildman–Crippen MR) is 78.0 cm³/mol. The molecule has 0 aliphatic carbocycles. The van der Waals surface area contributed by atoms with Crippen molar-refractivity contribution in [3.8, 4) is 0 Å². The third-order valence-electron chi connectivity index (χ3n) is 3.68. The Morgan fingerprint density at radius 1 is 1.48 bits per heavy atom. The highest BCUT2D eigenvalue weighted by molar-refractivity contribution is 5.93. The molecule has 0 spiro atoms. The van der Waals surface area contributed by atoms with E-state index in [-0.39, 0.29) is 11.9 Å². The van der Waals surface area contributed by atoms with Crippen molar-refractivity contribution in [2.24, 2.45) is 0 Å². The zero-order chi connectivity index (χ0) is 14.8. The SMILES string of the molecule is CNc1nc(C)cc(C(=O)N2CCCC2c2ccco2)n1. The number of amides is 1. The Hall–Kier alpha value is -2.37. The molecular weight excluding hydrogens is 268 g/mol. The van der Waals surface area contributed by atoms with Crippen LogP contribution in [-0.4, -0.2) is 34.4 Å². The van der Waals surface area contributed by atoms with Crippen LogP contribution in [0.2, 0.25) is 0 Å². The van der Waals surface area contributed by atoms with Crippen molar-refractivity contribution in [2.45, 2.75) is 25.8 Å². The summed E-state index contributed by atoms with van der Waals surface area (Å²) >= 11 is 0. The Morgan fingerprint density at radius 2 is 2.33 bits per heavy atom. The van der Waals surface area contributed by atoms with E-state index < -0.39 is 0 Å². The van der Waals surface area contributed by atoms with Crippen LogP contribution in [0.5, 0.6) is 0 Å². The van der Waals surface area contributed by atoms with E-state index in [1.165, 1.54) is 0 Å². The van der Waals surface area contributed by atoms with Crippen molar-refractivity contribution in [3.05, 3.63) is 41.6 Å². The lowest BCUT2D eigenvalue weighted by Gasteiger charge is -2.23. The molecule has 6 heteroatoms. The van der Waals surface area contributed by atoms with Crippen LogP contribution >= 0.6 is 0 Å². The molecular formula is C15H18N4O2. The van der Waals surface area contributed by atoms with Crippen molar-refractivity contribution in [2.75, 3.05) is 18.9 Å². The number of carbonyl (C=O) groups is 1. The van der Waals surface area contributed by atoms with Gasteiger partial charge in [-0.3, -0.25) is 4.79 Å². The van der Waals surface area contributed by atoms with E-state index in [1.54, 1.807) is 19.4 Å². The van der Waals surface area contributed by atoms with E-state index in [4.69, 9.17) is 4.42 Å². The number of nitrogens with zero attached hydrogens (tertiary/aromatic N) is 3.